The van der Waals surface area contributed by atoms with Crippen molar-refractivity contribution in [3.8, 4) is 5.75 Å². The van der Waals surface area contributed by atoms with Gasteiger partial charge in [0, 0.05) is 12.1 Å². The predicted octanol–water partition coefficient (Wildman–Crippen LogP) is 4.12. The molecule has 0 amide bonds. The predicted molar refractivity (Wildman–Crippen MR) is 69.0 cm³/mol. The molecule has 0 aliphatic heterocycles. The van der Waals surface area contributed by atoms with Gasteiger partial charge >= 0.3 is 6.18 Å². The average molecular weight is 275 g/mol. The van der Waals surface area contributed by atoms with E-state index in [1.165, 1.54) is 17.0 Å². The Bertz CT molecular complexity index is 387. The summed E-state index contributed by atoms with van der Waals surface area (Å²) in [7, 11) is 0. The zero-order valence-electron chi connectivity index (χ0n) is 11.4. The van der Waals surface area contributed by atoms with Crippen molar-refractivity contribution in [2.45, 2.75) is 45.5 Å². The van der Waals surface area contributed by atoms with E-state index in [1.807, 2.05) is 6.92 Å². The van der Waals surface area contributed by atoms with Crippen LogP contribution in [0.1, 0.15) is 38.8 Å². The van der Waals surface area contributed by atoms with Crippen LogP contribution in [0.2, 0.25) is 0 Å². The maximum Gasteiger partial charge on any atom is 0.401 e. The molecule has 1 aromatic carbocycles. The summed E-state index contributed by atoms with van der Waals surface area (Å²) in [5.41, 5.74) is 0.790. The molecule has 1 atom stereocenters. The third-order valence-corrected chi connectivity index (χ3v) is 3.09. The second kappa shape index (κ2) is 6.28. The molecule has 0 radical (unpaired) electrons. The van der Waals surface area contributed by atoms with Crippen molar-refractivity contribution in [1.82, 2.24) is 4.90 Å². The normalized spacial score (nSPS) is 14.1. The second-order valence-corrected chi connectivity index (χ2v) is 4.90. The van der Waals surface area contributed by atoms with Gasteiger partial charge in [0.15, 0.2) is 0 Å². The summed E-state index contributed by atoms with van der Waals surface area (Å²) < 4.78 is 38.0. The highest BCUT2D eigenvalue weighted by molar-refractivity contribution is 5.28. The molecule has 0 aromatic heterocycles. The molecule has 0 spiro atoms. The highest BCUT2D eigenvalue weighted by Crippen LogP contribution is 2.30. The maximum absolute atomic E-state index is 12.7. The topological polar surface area (TPSA) is 23.5 Å². The Hall–Kier alpha value is -1.23. The van der Waals surface area contributed by atoms with Crippen molar-refractivity contribution < 1.29 is 18.3 Å². The first-order valence-electron chi connectivity index (χ1n) is 6.36. The fourth-order valence-corrected chi connectivity index (χ4v) is 2.22. The number of hydrogen-bond donors (Lipinski definition) is 1. The van der Waals surface area contributed by atoms with Gasteiger partial charge in [-0.25, -0.2) is 0 Å². The lowest BCUT2D eigenvalue weighted by atomic mass is 10.0. The lowest BCUT2D eigenvalue weighted by molar-refractivity contribution is -0.155. The van der Waals surface area contributed by atoms with Crippen molar-refractivity contribution in [2.75, 3.05) is 6.54 Å². The van der Waals surface area contributed by atoms with Gasteiger partial charge in [-0.1, -0.05) is 19.1 Å². The van der Waals surface area contributed by atoms with E-state index in [2.05, 4.69) is 0 Å². The second-order valence-electron chi connectivity index (χ2n) is 4.90. The van der Waals surface area contributed by atoms with Crippen LogP contribution >= 0.6 is 0 Å². The molecule has 0 aliphatic rings. The monoisotopic (exact) mass is 275 g/mol. The largest absolute Gasteiger partial charge is 0.508 e. The third kappa shape index (κ3) is 4.74. The van der Waals surface area contributed by atoms with Crippen LogP contribution in [0.4, 0.5) is 13.2 Å². The Balaban J connectivity index is 2.99. The van der Waals surface area contributed by atoms with E-state index in [1.54, 1.807) is 26.0 Å². The van der Waals surface area contributed by atoms with Crippen LogP contribution in [0.3, 0.4) is 0 Å². The van der Waals surface area contributed by atoms with E-state index < -0.39 is 12.7 Å². The molecular weight excluding hydrogens is 255 g/mol. The van der Waals surface area contributed by atoms with E-state index in [9.17, 15) is 18.3 Å². The molecule has 2 nitrogen and oxygen atoms in total. The lowest BCUT2D eigenvalue weighted by Gasteiger charge is -2.35. The van der Waals surface area contributed by atoms with Crippen LogP contribution in [0.15, 0.2) is 24.3 Å². The van der Waals surface area contributed by atoms with Gasteiger partial charge in [0.2, 0.25) is 0 Å². The number of phenols is 1. The molecule has 1 rings (SSSR count). The molecule has 5 heteroatoms. The quantitative estimate of drug-likeness (QED) is 0.874. The van der Waals surface area contributed by atoms with E-state index in [0.29, 0.717) is 6.42 Å². The molecule has 1 unspecified atom stereocenters. The summed E-state index contributed by atoms with van der Waals surface area (Å²) in [6.45, 7) is 4.46. The Labute approximate surface area is 111 Å². The number of benzene rings is 1. The molecule has 0 heterocycles. The Morgan fingerprint density at radius 3 is 2.05 bits per heavy atom. The first-order valence-corrected chi connectivity index (χ1v) is 6.36. The molecule has 19 heavy (non-hydrogen) atoms. The minimum atomic E-state index is -4.21. The Morgan fingerprint density at radius 1 is 1.16 bits per heavy atom. The van der Waals surface area contributed by atoms with Gasteiger partial charge in [0.05, 0.1) is 6.54 Å². The lowest BCUT2D eigenvalue weighted by Crippen LogP contribution is -2.41. The van der Waals surface area contributed by atoms with E-state index >= 15 is 0 Å². The van der Waals surface area contributed by atoms with Crippen molar-refractivity contribution >= 4 is 0 Å². The minimum absolute atomic E-state index is 0.116. The fraction of sp³-hybridized carbons (Fsp3) is 0.571. The van der Waals surface area contributed by atoms with Crippen LogP contribution in [-0.2, 0) is 0 Å². The number of halogens is 3. The average Bonchev–Trinajstić information content (AvgIpc) is 2.29. The molecule has 1 N–H and O–H groups in total. The summed E-state index contributed by atoms with van der Waals surface area (Å²) in [5, 5.41) is 9.25. The first kappa shape index (κ1) is 15.8. The molecule has 0 saturated carbocycles. The zero-order valence-corrected chi connectivity index (χ0v) is 11.4. The number of nitrogens with zero attached hydrogens (tertiary/aromatic N) is 1. The number of phenolic OH excluding ortho intramolecular Hbond substituents is 1. The van der Waals surface area contributed by atoms with Crippen molar-refractivity contribution in [1.29, 1.82) is 0 Å². The van der Waals surface area contributed by atoms with Crippen LogP contribution in [0.25, 0.3) is 0 Å². The van der Waals surface area contributed by atoms with Gasteiger partial charge in [-0.15, -0.1) is 0 Å². The minimum Gasteiger partial charge on any atom is -0.508 e. The number of alkyl halides is 3. The van der Waals surface area contributed by atoms with Crippen molar-refractivity contribution in [2.24, 2.45) is 0 Å². The molecule has 0 saturated heterocycles. The van der Waals surface area contributed by atoms with E-state index in [0.717, 1.165) is 5.56 Å². The molecule has 108 valence electrons. The summed E-state index contributed by atoms with van der Waals surface area (Å²) in [5.74, 6) is 0.116. The number of aromatic hydroxyl groups is 1. The Morgan fingerprint density at radius 2 is 1.68 bits per heavy atom. The first-order chi connectivity index (χ1) is 8.74. The van der Waals surface area contributed by atoms with Gasteiger partial charge in [-0.3, -0.25) is 4.90 Å². The van der Waals surface area contributed by atoms with Gasteiger partial charge in [0.25, 0.3) is 0 Å². The van der Waals surface area contributed by atoms with E-state index in [4.69, 9.17) is 0 Å². The molecule has 0 aliphatic carbocycles. The van der Waals surface area contributed by atoms with Gasteiger partial charge in [-0.2, -0.15) is 13.2 Å². The summed E-state index contributed by atoms with van der Waals surface area (Å²) in [6, 6.07) is 5.85. The molecule has 0 bridgehead atoms. The van der Waals surface area contributed by atoms with Crippen molar-refractivity contribution in [3.63, 3.8) is 0 Å². The maximum atomic E-state index is 12.7. The fourth-order valence-electron chi connectivity index (χ4n) is 2.22. The third-order valence-electron chi connectivity index (χ3n) is 3.09. The van der Waals surface area contributed by atoms with Gasteiger partial charge in [0.1, 0.15) is 5.75 Å². The number of hydrogen-bond acceptors (Lipinski definition) is 2. The van der Waals surface area contributed by atoms with Crippen LogP contribution in [0, 0.1) is 0 Å². The standard InChI is InChI=1S/C14H20F3NO/c1-4-13(11-5-7-12(19)8-6-11)18(10(2)3)9-14(15,16)17/h5-8,10,13,19H,4,9H2,1-3H3. The highest BCUT2D eigenvalue weighted by Gasteiger charge is 2.35. The highest BCUT2D eigenvalue weighted by atomic mass is 19.4. The molecule has 1 aromatic rings. The summed E-state index contributed by atoms with van der Waals surface area (Å²) in [4.78, 5) is 1.44. The molecular formula is C14H20F3NO. The van der Waals surface area contributed by atoms with Crippen molar-refractivity contribution in [3.05, 3.63) is 29.8 Å². The van der Waals surface area contributed by atoms with Crippen LogP contribution in [0.5, 0.6) is 5.75 Å². The smallest absolute Gasteiger partial charge is 0.401 e. The number of rotatable bonds is 5. The molecule has 0 fully saturated rings. The zero-order chi connectivity index (χ0) is 14.6. The van der Waals surface area contributed by atoms with Crippen LogP contribution in [-0.4, -0.2) is 28.8 Å². The van der Waals surface area contributed by atoms with Crippen LogP contribution < -0.4 is 0 Å². The van der Waals surface area contributed by atoms with Gasteiger partial charge in [-0.05, 0) is 38.0 Å². The Kier molecular flexibility index (Phi) is 5.23. The SMILES string of the molecule is CCC(c1ccc(O)cc1)N(CC(F)(F)F)C(C)C. The van der Waals surface area contributed by atoms with Gasteiger partial charge < -0.3 is 5.11 Å². The van der Waals surface area contributed by atoms with E-state index in [-0.39, 0.29) is 17.8 Å². The summed E-state index contributed by atoms with van der Waals surface area (Å²) in [6.07, 6.45) is -3.63. The summed E-state index contributed by atoms with van der Waals surface area (Å²) >= 11 is 0.